The van der Waals surface area contributed by atoms with Gasteiger partial charge in [0.1, 0.15) is 11.5 Å². The van der Waals surface area contributed by atoms with Crippen LogP contribution in [0, 0.1) is 0 Å². The molecule has 2 aliphatic heterocycles. The molecule has 3 amide bonds. The standard InChI is InChI=1S/C21H24N6O4/c1-12(2)23-19(28)15-4-5-16-18(24-15)27(14-7-9-26(16)11-14)21(30)25-17-10-13(6-8-22-17)20(29)31-3/h4-6,8,10,12,14H,7,9,11H2,1-3H3,(H,23,28)(H,22,25,30). The Hall–Kier alpha value is -3.69. The Bertz CT molecular complexity index is 1040. The lowest BCUT2D eigenvalue weighted by atomic mass is 10.1. The van der Waals surface area contributed by atoms with Crippen LogP contribution in [0.25, 0.3) is 0 Å². The highest BCUT2D eigenvalue weighted by molar-refractivity contribution is 6.05. The summed E-state index contributed by atoms with van der Waals surface area (Å²) in [6.45, 7) is 5.24. The molecule has 0 radical (unpaired) electrons. The Balaban J connectivity index is 1.64. The number of nitrogens with zero attached hydrogens (tertiary/aromatic N) is 4. The van der Waals surface area contributed by atoms with E-state index in [1.165, 1.54) is 25.4 Å². The lowest BCUT2D eigenvalue weighted by molar-refractivity contribution is 0.0600. The molecule has 0 aromatic carbocycles. The van der Waals surface area contributed by atoms with Gasteiger partial charge in [-0.15, -0.1) is 0 Å². The van der Waals surface area contributed by atoms with Gasteiger partial charge in [-0.05, 0) is 44.5 Å². The van der Waals surface area contributed by atoms with Crippen molar-refractivity contribution < 1.29 is 19.1 Å². The van der Waals surface area contributed by atoms with E-state index in [0.717, 1.165) is 18.7 Å². The molecule has 1 saturated heterocycles. The lowest BCUT2D eigenvalue weighted by Gasteiger charge is -2.35. The summed E-state index contributed by atoms with van der Waals surface area (Å²) in [6.07, 6.45) is 2.21. The minimum absolute atomic E-state index is 0.0298. The number of pyridine rings is 2. The molecule has 0 saturated carbocycles. The lowest BCUT2D eigenvalue weighted by Crippen LogP contribution is -2.48. The van der Waals surface area contributed by atoms with Gasteiger partial charge in [0.2, 0.25) is 0 Å². The first-order chi connectivity index (χ1) is 14.9. The zero-order chi connectivity index (χ0) is 22.1. The summed E-state index contributed by atoms with van der Waals surface area (Å²) in [4.78, 5) is 49.9. The molecule has 4 heterocycles. The molecule has 10 nitrogen and oxygen atoms in total. The number of rotatable bonds is 4. The Labute approximate surface area is 179 Å². The first-order valence-corrected chi connectivity index (χ1v) is 10.1. The molecule has 1 atom stereocenters. The van der Waals surface area contributed by atoms with Crippen molar-refractivity contribution in [2.45, 2.75) is 32.4 Å². The average Bonchev–Trinajstić information content (AvgIpc) is 3.16. The number of amides is 3. The summed E-state index contributed by atoms with van der Waals surface area (Å²) >= 11 is 0. The topological polar surface area (TPSA) is 117 Å². The third kappa shape index (κ3) is 4.00. The summed E-state index contributed by atoms with van der Waals surface area (Å²) in [5, 5.41) is 5.57. The fourth-order valence-corrected chi connectivity index (χ4v) is 3.85. The van der Waals surface area contributed by atoms with Crippen molar-refractivity contribution in [3.8, 4) is 0 Å². The van der Waals surface area contributed by atoms with E-state index in [-0.39, 0.29) is 35.1 Å². The summed E-state index contributed by atoms with van der Waals surface area (Å²) in [7, 11) is 1.29. The maximum Gasteiger partial charge on any atom is 0.338 e. The molecule has 162 valence electrons. The molecule has 0 spiro atoms. The molecule has 4 rings (SSSR count). The van der Waals surface area contributed by atoms with Crippen molar-refractivity contribution in [2.75, 3.05) is 35.3 Å². The number of urea groups is 1. The molecule has 1 fully saturated rings. The molecule has 31 heavy (non-hydrogen) atoms. The second-order valence-corrected chi connectivity index (χ2v) is 7.78. The Morgan fingerprint density at radius 1 is 1.23 bits per heavy atom. The number of carbonyl (C=O) groups excluding carboxylic acids is 3. The van der Waals surface area contributed by atoms with E-state index in [1.807, 2.05) is 19.9 Å². The van der Waals surface area contributed by atoms with E-state index in [1.54, 1.807) is 11.0 Å². The van der Waals surface area contributed by atoms with Gasteiger partial charge in [-0.25, -0.2) is 19.6 Å². The van der Waals surface area contributed by atoms with Crippen LogP contribution < -0.4 is 20.4 Å². The fraction of sp³-hybridized carbons (Fsp3) is 0.381. The molecule has 2 N–H and O–H groups in total. The van der Waals surface area contributed by atoms with Crippen LogP contribution in [-0.4, -0.2) is 60.2 Å². The minimum atomic E-state index is -0.518. The minimum Gasteiger partial charge on any atom is -0.465 e. The predicted molar refractivity (Wildman–Crippen MR) is 115 cm³/mol. The number of nitrogens with one attached hydrogen (secondary N) is 2. The van der Waals surface area contributed by atoms with Gasteiger partial charge in [0.05, 0.1) is 24.4 Å². The Morgan fingerprint density at radius 2 is 2.03 bits per heavy atom. The van der Waals surface area contributed by atoms with Gasteiger partial charge in [-0.1, -0.05) is 0 Å². The number of hydrogen-bond acceptors (Lipinski definition) is 7. The SMILES string of the molecule is COC(=O)c1ccnc(NC(=O)N2c3nc(C(=O)NC(C)C)ccc3N3CCC2C3)c1. The normalized spacial score (nSPS) is 16.7. The highest BCUT2D eigenvalue weighted by atomic mass is 16.5. The Morgan fingerprint density at radius 3 is 2.77 bits per heavy atom. The van der Waals surface area contributed by atoms with Crippen LogP contribution >= 0.6 is 0 Å². The van der Waals surface area contributed by atoms with Crippen LogP contribution in [0.15, 0.2) is 30.5 Å². The van der Waals surface area contributed by atoms with E-state index in [2.05, 4.69) is 25.5 Å². The molecule has 2 bridgehead atoms. The molecule has 2 aromatic rings. The summed E-state index contributed by atoms with van der Waals surface area (Å²) in [6, 6.07) is 5.94. The van der Waals surface area contributed by atoms with Crippen molar-refractivity contribution in [3.05, 3.63) is 41.7 Å². The quantitative estimate of drug-likeness (QED) is 0.721. The average molecular weight is 424 g/mol. The summed E-state index contributed by atoms with van der Waals surface area (Å²) in [5.41, 5.74) is 1.34. The van der Waals surface area contributed by atoms with Crippen LogP contribution in [0.3, 0.4) is 0 Å². The van der Waals surface area contributed by atoms with Crippen LogP contribution in [0.5, 0.6) is 0 Å². The zero-order valence-corrected chi connectivity index (χ0v) is 17.6. The van der Waals surface area contributed by atoms with Crippen molar-refractivity contribution in [1.82, 2.24) is 15.3 Å². The van der Waals surface area contributed by atoms with Gasteiger partial charge >= 0.3 is 12.0 Å². The van der Waals surface area contributed by atoms with Gasteiger partial charge in [0.15, 0.2) is 5.82 Å². The smallest absolute Gasteiger partial charge is 0.338 e. The maximum absolute atomic E-state index is 13.2. The number of ether oxygens (including phenoxy) is 1. The van der Waals surface area contributed by atoms with Crippen molar-refractivity contribution in [1.29, 1.82) is 0 Å². The monoisotopic (exact) mass is 424 g/mol. The van der Waals surface area contributed by atoms with Crippen LogP contribution in [0.2, 0.25) is 0 Å². The Kier molecular flexibility index (Phi) is 5.45. The molecular formula is C21H24N6O4. The van der Waals surface area contributed by atoms with E-state index < -0.39 is 12.0 Å². The second kappa shape index (κ2) is 8.21. The van der Waals surface area contributed by atoms with Crippen molar-refractivity contribution in [3.63, 3.8) is 0 Å². The number of aromatic nitrogens is 2. The first-order valence-electron chi connectivity index (χ1n) is 10.1. The number of fused-ring (bicyclic) bond motifs is 4. The van der Waals surface area contributed by atoms with Gasteiger partial charge in [0, 0.05) is 25.3 Å². The highest BCUT2D eigenvalue weighted by Gasteiger charge is 2.40. The number of anilines is 3. The number of methoxy groups -OCH3 is 1. The molecule has 0 aliphatic carbocycles. The number of carbonyl (C=O) groups is 3. The van der Waals surface area contributed by atoms with E-state index in [0.29, 0.717) is 12.4 Å². The molecule has 2 aliphatic rings. The van der Waals surface area contributed by atoms with Crippen LogP contribution in [-0.2, 0) is 4.74 Å². The van der Waals surface area contributed by atoms with E-state index in [4.69, 9.17) is 4.74 Å². The second-order valence-electron chi connectivity index (χ2n) is 7.78. The summed E-state index contributed by atoms with van der Waals surface area (Å²) < 4.78 is 4.72. The predicted octanol–water partition coefficient (Wildman–Crippen LogP) is 2.03. The van der Waals surface area contributed by atoms with Gasteiger partial charge in [-0.3, -0.25) is 15.0 Å². The first kappa shape index (κ1) is 20.6. The maximum atomic E-state index is 13.2. The largest absolute Gasteiger partial charge is 0.465 e. The number of esters is 1. The van der Waals surface area contributed by atoms with Crippen LogP contribution in [0.4, 0.5) is 22.1 Å². The van der Waals surface area contributed by atoms with Gasteiger partial charge in [0.25, 0.3) is 5.91 Å². The van der Waals surface area contributed by atoms with E-state index >= 15 is 0 Å². The molecule has 1 unspecified atom stereocenters. The highest BCUT2D eigenvalue weighted by Crippen LogP contribution is 2.39. The number of hydrogen-bond donors (Lipinski definition) is 2. The van der Waals surface area contributed by atoms with Crippen LogP contribution in [0.1, 0.15) is 41.1 Å². The molecule has 2 aromatic heterocycles. The summed E-state index contributed by atoms with van der Waals surface area (Å²) in [5.74, 6) is -0.149. The fourth-order valence-electron chi connectivity index (χ4n) is 3.85. The van der Waals surface area contributed by atoms with Gasteiger partial charge < -0.3 is 15.0 Å². The third-order valence-electron chi connectivity index (χ3n) is 5.24. The van der Waals surface area contributed by atoms with E-state index in [9.17, 15) is 14.4 Å². The molecular weight excluding hydrogens is 400 g/mol. The van der Waals surface area contributed by atoms with Crippen molar-refractivity contribution in [2.24, 2.45) is 0 Å². The third-order valence-corrected chi connectivity index (χ3v) is 5.24. The molecule has 10 heteroatoms. The zero-order valence-electron chi connectivity index (χ0n) is 17.6. The van der Waals surface area contributed by atoms with Crippen molar-refractivity contribution >= 4 is 35.2 Å². The van der Waals surface area contributed by atoms with Gasteiger partial charge in [-0.2, -0.15) is 0 Å².